The van der Waals surface area contributed by atoms with Crippen molar-refractivity contribution in [3.05, 3.63) is 34.9 Å². The number of hydrogen-bond acceptors (Lipinski definition) is 1. The van der Waals surface area contributed by atoms with Gasteiger partial charge in [-0.3, -0.25) is 0 Å². The molecule has 0 fully saturated rings. The van der Waals surface area contributed by atoms with E-state index in [-0.39, 0.29) is 10.8 Å². The van der Waals surface area contributed by atoms with Crippen LogP contribution in [-0.4, -0.2) is 6.04 Å². The fourth-order valence-corrected chi connectivity index (χ4v) is 1.98. The molecular weight excluding hydrogens is 230 g/mol. The maximum Gasteiger partial charge on any atom is 0.0208 e. The van der Waals surface area contributed by atoms with Crippen molar-refractivity contribution in [3.63, 3.8) is 0 Å². The summed E-state index contributed by atoms with van der Waals surface area (Å²) in [6.07, 6.45) is 0. The van der Waals surface area contributed by atoms with E-state index in [0.717, 1.165) is 6.54 Å². The van der Waals surface area contributed by atoms with Gasteiger partial charge in [-0.1, -0.05) is 73.6 Å². The molecule has 0 aliphatic heterocycles. The largest absolute Gasteiger partial charge is 0.310 e. The molecule has 0 radical (unpaired) electrons. The van der Waals surface area contributed by atoms with Gasteiger partial charge < -0.3 is 5.32 Å². The second kappa shape index (κ2) is 5.66. The van der Waals surface area contributed by atoms with Crippen LogP contribution in [0.4, 0.5) is 0 Å². The number of benzene rings is 1. The van der Waals surface area contributed by atoms with E-state index < -0.39 is 0 Å². The molecule has 1 aromatic carbocycles. The zero-order valence-electron chi connectivity index (χ0n) is 14.0. The molecule has 0 saturated carbocycles. The molecule has 0 bridgehead atoms. The molecule has 0 spiro atoms. The first-order chi connectivity index (χ1) is 8.50. The molecule has 108 valence electrons. The maximum absolute atomic E-state index is 3.52. The van der Waals surface area contributed by atoms with Crippen LogP contribution in [0.15, 0.2) is 18.2 Å². The Kier molecular flexibility index (Phi) is 4.84. The summed E-state index contributed by atoms with van der Waals surface area (Å²) in [6.45, 7) is 19.1. The van der Waals surface area contributed by atoms with E-state index in [2.05, 4.69) is 78.9 Å². The zero-order valence-corrected chi connectivity index (χ0v) is 14.0. The second-order valence-corrected chi connectivity index (χ2v) is 7.95. The van der Waals surface area contributed by atoms with Gasteiger partial charge in [-0.05, 0) is 27.5 Å². The molecule has 1 heteroatoms. The Morgan fingerprint density at radius 1 is 0.842 bits per heavy atom. The van der Waals surface area contributed by atoms with Crippen molar-refractivity contribution >= 4 is 0 Å². The summed E-state index contributed by atoms with van der Waals surface area (Å²) >= 11 is 0. The quantitative estimate of drug-likeness (QED) is 0.825. The molecule has 19 heavy (non-hydrogen) atoms. The van der Waals surface area contributed by atoms with Crippen LogP contribution in [0.5, 0.6) is 0 Å². The number of hydrogen-bond donors (Lipinski definition) is 1. The Hall–Kier alpha value is -0.820. The van der Waals surface area contributed by atoms with Crippen LogP contribution in [0.3, 0.4) is 0 Å². The van der Waals surface area contributed by atoms with Crippen molar-refractivity contribution in [3.8, 4) is 0 Å². The van der Waals surface area contributed by atoms with E-state index >= 15 is 0 Å². The highest BCUT2D eigenvalue weighted by Gasteiger charge is 2.20. The lowest BCUT2D eigenvalue weighted by molar-refractivity contribution is 0.558. The van der Waals surface area contributed by atoms with Gasteiger partial charge in [0, 0.05) is 12.6 Å². The van der Waals surface area contributed by atoms with Crippen molar-refractivity contribution in [1.29, 1.82) is 0 Å². The minimum Gasteiger partial charge on any atom is -0.310 e. The molecule has 1 aromatic rings. The van der Waals surface area contributed by atoms with Crippen molar-refractivity contribution in [2.24, 2.45) is 0 Å². The normalized spacial score (nSPS) is 13.1. The third-order valence-electron chi connectivity index (χ3n) is 3.44. The first-order valence-electron chi connectivity index (χ1n) is 7.38. The van der Waals surface area contributed by atoms with Crippen LogP contribution in [0.25, 0.3) is 0 Å². The summed E-state index contributed by atoms with van der Waals surface area (Å²) in [6, 6.07) is 7.60. The molecule has 1 N–H and O–H groups in total. The Morgan fingerprint density at radius 2 is 1.26 bits per heavy atom. The van der Waals surface area contributed by atoms with Gasteiger partial charge in [0.15, 0.2) is 0 Å². The first kappa shape index (κ1) is 16.2. The lowest BCUT2D eigenvalue weighted by Crippen LogP contribution is -2.23. The summed E-state index contributed by atoms with van der Waals surface area (Å²) in [5, 5.41) is 3.52. The molecule has 0 heterocycles. The summed E-state index contributed by atoms with van der Waals surface area (Å²) < 4.78 is 0. The Bertz CT molecular complexity index is 384. The minimum absolute atomic E-state index is 0.202. The van der Waals surface area contributed by atoms with Crippen LogP contribution in [0.2, 0.25) is 0 Å². The van der Waals surface area contributed by atoms with Crippen LogP contribution >= 0.6 is 0 Å². The van der Waals surface area contributed by atoms with Gasteiger partial charge in [-0.25, -0.2) is 0 Å². The van der Waals surface area contributed by atoms with Gasteiger partial charge in [0.25, 0.3) is 0 Å². The average Bonchev–Trinajstić information content (AvgIpc) is 2.23. The van der Waals surface area contributed by atoms with Gasteiger partial charge in [0.2, 0.25) is 0 Å². The maximum atomic E-state index is 3.52. The van der Waals surface area contributed by atoms with Crippen LogP contribution in [-0.2, 0) is 17.4 Å². The highest BCUT2D eigenvalue weighted by molar-refractivity contribution is 5.37. The minimum atomic E-state index is 0.202. The number of rotatable bonds is 3. The Balaban J connectivity index is 3.17. The van der Waals surface area contributed by atoms with Crippen LogP contribution in [0, 0.1) is 0 Å². The molecular formula is C18H31N. The zero-order chi connectivity index (χ0) is 14.8. The fourth-order valence-electron chi connectivity index (χ4n) is 1.98. The topological polar surface area (TPSA) is 12.0 Å². The molecule has 1 nitrogen and oxygen atoms in total. The van der Waals surface area contributed by atoms with Gasteiger partial charge in [0.1, 0.15) is 0 Å². The average molecular weight is 261 g/mol. The molecule has 0 amide bonds. The van der Waals surface area contributed by atoms with Crippen molar-refractivity contribution < 1.29 is 0 Å². The highest BCUT2D eigenvalue weighted by Crippen LogP contribution is 2.30. The van der Waals surface area contributed by atoms with Gasteiger partial charge in [-0.2, -0.15) is 0 Å². The van der Waals surface area contributed by atoms with E-state index in [1.54, 1.807) is 0 Å². The fraction of sp³-hybridized carbons (Fsp3) is 0.667. The predicted molar refractivity (Wildman–Crippen MR) is 85.8 cm³/mol. The third-order valence-corrected chi connectivity index (χ3v) is 3.44. The second-order valence-electron chi connectivity index (χ2n) is 7.95. The monoisotopic (exact) mass is 261 g/mol. The lowest BCUT2D eigenvalue weighted by Gasteiger charge is -2.26. The van der Waals surface area contributed by atoms with Crippen molar-refractivity contribution in [2.45, 2.75) is 78.8 Å². The predicted octanol–water partition coefficient (Wildman–Crippen LogP) is 4.78. The standard InChI is InChI=1S/C18H31N/c1-13(2)19-12-14-9-15(17(3,4)5)11-16(10-14)18(6,7)8/h9-11,13,19H,12H2,1-8H3. The molecule has 1 rings (SSSR count). The van der Waals surface area contributed by atoms with Crippen LogP contribution in [0.1, 0.15) is 72.1 Å². The smallest absolute Gasteiger partial charge is 0.0208 e. The van der Waals surface area contributed by atoms with E-state index in [9.17, 15) is 0 Å². The summed E-state index contributed by atoms with van der Waals surface area (Å²) in [4.78, 5) is 0. The van der Waals surface area contributed by atoms with Crippen molar-refractivity contribution in [1.82, 2.24) is 5.32 Å². The summed E-state index contributed by atoms with van der Waals surface area (Å²) in [5.41, 5.74) is 4.66. The lowest BCUT2D eigenvalue weighted by atomic mass is 9.79. The molecule has 0 aromatic heterocycles. The summed E-state index contributed by atoms with van der Waals surface area (Å²) in [7, 11) is 0. The molecule has 0 aliphatic carbocycles. The van der Waals surface area contributed by atoms with Gasteiger partial charge >= 0.3 is 0 Å². The third kappa shape index (κ3) is 4.99. The molecule has 0 saturated heterocycles. The molecule has 0 aliphatic rings. The SMILES string of the molecule is CC(C)NCc1cc(C(C)(C)C)cc(C(C)(C)C)c1. The van der Waals surface area contributed by atoms with E-state index in [0.29, 0.717) is 6.04 Å². The van der Waals surface area contributed by atoms with E-state index in [1.807, 2.05) is 0 Å². The van der Waals surface area contributed by atoms with Crippen LogP contribution < -0.4 is 5.32 Å². The van der Waals surface area contributed by atoms with E-state index in [1.165, 1.54) is 16.7 Å². The van der Waals surface area contributed by atoms with E-state index in [4.69, 9.17) is 0 Å². The highest BCUT2D eigenvalue weighted by atomic mass is 14.9. The number of nitrogens with one attached hydrogen (secondary N) is 1. The summed E-state index contributed by atoms with van der Waals surface area (Å²) in [5.74, 6) is 0. The van der Waals surface area contributed by atoms with Gasteiger partial charge in [0.05, 0.1) is 0 Å². The Labute approximate surface area is 119 Å². The first-order valence-corrected chi connectivity index (χ1v) is 7.38. The van der Waals surface area contributed by atoms with Gasteiger partial charge in [-0.15, -0.1) is 0 Å². The Morgan fingerprint density at radius 3 is 1.58 bits per heavy atom. The molecule has 0 atom stereocenters. The van der Waals surface area contributed by atoms with Crippen molar-refractivity contribution in [2.75, 3.05) is 0 Å². The molecule has 0 unspecified atom stereocenters.